The highest BCUT2D eigenvalue weighted by Crippen LogP contribution is 2.17. The molecule has 0 N–H and O–H groups in total. The van der Waals surface area contributed by atoms with Crippen molar-refractivity contribution in [1.29, 1.82) is 0 Å². The van der Waals surface area contributed by atoms with E-state index in [4.69, 9.17) is 14.2 Å². The minimum Gasteiger partial charge on any atom is -0.462 e. The second kappa shape index (κ2) is 62.6. The van der Waals surface area contributed by atoms with Gasteiger partial charge in [-0.15, -0.1) is 0 Å². The van der Waals surface area contributed by atoms with Crippen molar-refractivity contribution in [2.24, 2.45) is 0 Å². The van der Waals surface area contributed by atoms with Crippen LogP contribution < -0.4 is 0 Å². The standard InChI is InChI=1S/C68H122O6/c1-4-7-10-13-16-19-22-25-28-31-34-37-40-43-46-49-52-55-58-61-67(70)73-64-65(63-72-66(69)60-57-54-51-48-45-42-39-36-33-30-27-24-21-18-15-12-9-6-3)74-68(71)62-59-56-53-50-47-44-41-38-35-32-29-26-23-20-17-14-11-8-5-2/h7,10,16,19,25,28,30,33-34,37,65H,4-6,8-9,11-15,17-18,20-24,26-27,29,31-32,35-36,38-64H2,1-3H3/b10-7-,19-16-,28-25-,33-30-,37-34-. The van der Waals surface area contributed by atoms with Gasteiger partial charge in [0.25, 0.3) is 0 Å². The van der Waals surface area contributed by atoms with Crippen molar-refractivity contribution in [3.05, 3.63) is 60.8 Å². The van der Waals surface area contributed by atoms with E-state index in [1.54, 1.807) is 0 Å². The van der Waals surface area contributed by atoms with Gasteiger partial charge in [0.15, 0.2) is 6.10 Å². The number of carbonyl (C=O) groups is 3. The second-order valence-electron chi connectivity index (χ2n) is 21.6. The second-order valence-corrected chi connectivity index (χ2v) is 21.6. The predicted octanol–water partition coefficient (Wildman–Crippen LogP) is 21.9. The summed E-state index contributed by atoms with van der Waals surface area (Å²) in [5.74, 6) is -0.876. The number of carbonyl (C=O) groups excluding carboxylic acids is 3. The monoisotopic (exact) mass is 1030 g/mol. The van der Waals surface area contributed by atoms with E-state index in [2.05, 4.69) is 81.5 Å². The lowest BCUT2D eigenvalue weighted by Crippen LogP contribution is -2.30. The van der Waals surface area contributed by atoms with E-state index in [0.717, 1.165) is 89.9 Å². The molecule has 1 atom stereocenters. The molecule has 0 saturated carbocycles. The number of esters is 3. The Morgan fingerprint density at radius 3 is 0.838 bits per heavy atom. The number of ether oxygens (including phenoxy) is 3. The molecule has 0 fully saturated rings. The molecule has 6 heteroatoms. The first kappa shape index (κ1) is 71.1. The quantitative estimate of drug-likeness (QED) is 0.0261. The SMILES string of the molecule is CC/C=C\C/C=C\C/C=C\C/C=C\CCCCCCCCC(=O)OCC(COC(=O)CCCCCCCCC/C=C\CCCCCCCCC)OC(=O)CCCCCCCCCCCCCCCCCCCCC. The Bertz CT molecular complexity index is 1330. The first-order valence-electron chi connectivity index (χ1n) is 32.3. The summed E-state index contributed by atoms with van der Waals surface area (Å²) in [6.45, 7) is 6.56. The third-order valence-corrected chi connectivity index (χ3v) is 14.3. The van der Waals surface area contributed by atoms with Crippen molar-refractivity contribution in [3.8, 4) is 0 Å². The third kappa shape index (κ3) is 60.0. The zero-order valence-electron chi connectivity index (χ0n) is 49.4. The van der Waals surface area contributed by atoms with Gasteiger partial charge in [-0.2, -0.15) is 0 Å². The van der Waals surface area contributed by atoms with Crippen LogP contribution in [0.2, 0.25) is 0 Å². The molecule has 0 rings (SSSR count). The van der Waals surface area contributed by atoms with Gasteiger partial charge in [0.2, 0.25) is 0 Å². The molecular formula is C68H122O6. The Morgan fingerprint density at radius 2 is 0.527 bits per heavy atom. The van der Waals surface area contributed by atoms with Gasteiger partial charge in [-0.3, -0.25) is 14.4 Å². The highest BCUT2D eigenvalue weighted by atomic mass is 16.6. The van der Waals surface area contributed by atoms with Gasteiger partial charge in [-0.25, -0.2) is 0 Å². The van der Waals surface area contributed by atoms with E-state index in [9.17, 15) is 14.4 Å². The van der Waals surface area contributed by atoms with Crippen LogP contribution >= 0.6 is 0 Å². The van der Waals surface area contributed by atoms with Crippen LogP contribution in [0.15, 0.2) is 60.8 Å². The molecule has 0 aromatic rings. The number of rotatable bonds is 59. The van der Waals surface area contributed by atoms with Crippen molar-refractivity contribution in [2.75, 3.05) is 13.2 Å². The molecule has 0 aliphatic carbocycles. The minimum absolute atomic E-state index is 0.0779. The largest absolute Gasteiger partial charge is 0.462 e. The minimum atomic E-state index is -0.781. The molecule has 0 radical (unpaired) electrons. The topological polar surface area (TPSA) is 78.9 Å². The Morgan fingerprint density at radius 1 is 0.284 bits per heavy atom. The fourth-order valence-electron chi connectivity index (χ4n) is 9.43. The van der Waals surface area contributed by atoms with Gasteiger partial charge in [0.05, 0.1) is 0 Å². The molecule has 0 aromatic carbocycles. The molecule has 0 bridgehead atoms. The highest BCUT2D eigenvalue weighted by Gasteiger charge is 2.19. The number of hydrogen-bond acceptors (Lipinski definition) is 6. The van der Waals surface area contributed by atoms with E-state index >= 15 is 0 Å². The van der Waals surface area contributed by atoms with Crippen molar-refractivity contribution in [1.82, 2.24) is 0 Å². The van der Waals surface area contributed by atoms with Crippen molar-refractivity contribution < 1.29 is 28.6 Å². The first-order chi connectivity index (χ1) is 36.5. The summed E-state index contributed by atoms with van der Waals surface area (Å²) >= 11 is 0. The fourth-order valence-corrected chi connectivity index (χ4v) is 9.43. The molecule has 0 saturated heterocycles. The van der Waals surface area contributed by atoms with Crippen molar-refractivity contribution >= 4 is 17.9 Å². The van der Waals surface area contributed by atoms with E-state index in [1.165, 1.54) is 205 Å². The van der Waals surface area contributed by atoms with Crippen LogP contribution in [0.3, 0.4) is 0 Å². The van der Waals surface area contributed by atoms with E-state index in [1.807, 2.05) is 0 Å². The Labute approximate surface area is 460 Å². The lowest BCUT2D eigenvalue weighted by molar-refractivity contribution is -0.167. The van der Waals surface area contributed by atoms with E-state index in [0.29, 0.717) is 19.3 Å². The maximum absolute atomic E-state index is 12.9. The molecule has 0 aromatic heterocycles. The molecule has 430 valence electrons. The molecule has 0 aliphatic rings. The van der Waals surface area contributed by atoms with E-state index < -0.39 is 6.10 Å². The van der Waals surface area contributed by atoms with Crippen LogP contribution in [0.25, 0.3) is 0 Å². The normalized spacial score (nSPS) is 12.4. The highest BCUT2D eigenvalue weighted by molar-refractivity contribution is 5.71. The summed E-state index contributed by atoms with van der Waals surface area (Å²) in [7, 11) is 0. The zero-order valence-corrected chi connectivity index (χ0v) is 49.4. The molecule has 0 aliphatic heterocycles. The fraction of sp³-hybridized carbons (Fsp3) is 0.809. The van der Waals surface area contributed by atoms with Gasteiger partial charge in [0, 0.05) is 19.3 Å². The average molecular weight is 1040 g/mol. The van der Waals surface area contributed by atoms with Crippen LogP contribution in [-0.2, 0) is 28.6 Å². The smallest absolute Gasteiger partial charge is 0.306 e. The lowest BCUT2D eigenvalue weighted by atomic mass is 10.0. The summed E-state index contributed by atoms with van der Waals surface area (Å²) in [5.41, 5.74) is 0. The summed E-state index contributed by atoms with van der Waals surface area (Å²) < 4.78 is 16.9. The Hall–Kier alpha value is -2.89. The van der Waals surface area contributed by atoms with Crippen LogP contribution in [-0.4, -0.2) is 37.2 Å². The number of unbranched alkanes of at least 4 members (excludes halogenated alkanes) is 38. The van der Waals surface area contributed by atoms with Crippen LogP contribution in [0, 0.1) is 0 Å². The Kier molecular flexibility index (Phi) is 60.2. The Balaban J connectivity index is 4.38. The molecular weight excluding hydrogens is 913 g/mol. The predicted molar refractivity (Wildman–Crippen MR) is 321 cm³/mol. The van der Waals surface area contributed by atoms with E-state index in [-0.39, 0.29) is 31.1 Å². The van der Waals surface area contributed by atoms with Crippen LogP contribution in [0.5, 0.6) is 0 Å². The van der Waals surface area contributed by atoms with Gasteiger partial charge < -0.3 is 14.2 Å². The van der Waals surface area contributed by atoms with Crippen molar-refractivity contribution in [3.63, 3.8) is 0 Å². The molecule has 0 heterocycles. The number of allylic oxidation sites excluding steroid dienone is 10. The van der Waals surface area contributed by atoms with Crippen LogP contribution in [0.1, 0.15) is 335 Å². The third-order valence-electron chi connectivity index (χ3n) is 14.3. The first-order valence-corrected chi connectivity index (χ1v) is 32.3. The summed E-state index contributed by atoms with van der Waals surface area (Å²) in [5, 5.41) is 0. The lowest BCUT2D eigenvalue weighted by Gasteiger charge is -2.18. The summed E-state index contributed by atoms with van der Waals surface area (Å²) in [4.78, 5) is 38.4. The maximum Gasteiger partial charge on any atom is 0.306 e. The van der Waals surface area contributed by atoms with Gasteiger partial charge in [-0.1, -0.05) is 293 Å². The molecule has 1 unspecified atom stereocenters. The molecule has 0 amide bonds. The van der Waals surface area contributed by atoms with Crippen molar-refractivity contribution in [2.45, 2.75) is 341 Å². The molecule has 74 heavy (non-hydrogen) atoms. The molecule has 0 spiro atoms. The van der Waals surface area contributed by atoms with Crippen LogP contribution in [0.4, 0.5) is 0 Å². The summed E-state index contributed by atoms with van der Waals surface area (Å²) in [6, 6.07) is 0. The van der Waals surface area contributed by atoms with Gasteiger partial charge in [0.1, 0.15) is 13.2 Å². The molecule has 6 nitrogen and oxygen atoms in total. The number of hydrogen-bond donors (Lipinski definition) is 0. The van der Waals surface area contributed by atoms with Gasteiger partial charge in [-0.05, 0) is 83.5 Å². The zero-order chi connectivity index (χ0) is 53.6. The average Bonchev–Trinajstić information content (AvgIpc) is 3.40. The maximum atomic E-state index is 12.9. The van der Waals surface area contributed by atoms with Gasteiger partial charge >= 0.3 is 17.9 Å². The summed E-state index contributed by atoms with van der Waals surface area (Å²) in [6.07, 6.45) is 79.3.